The number of rotatable bonds is 8. The van der Waals surface area contributed by atoms with Gasteiger partial charge in [0, 0.05) is 16.1 Å². The van der Waals surface area contributed by atoms with E-state index in [1.54, 1.807) is 36.5 Å². The Kier molecular flexibility index (Phi) is 7.35. The van der Waals surface area contributed by atoms with Gasteiger partial charge in [-0.05, 0) is 68.9 Å². The molecule has 0 radical (unpaired) electrons. The van der Waals surface area contributed by atoms with Crippen molar-refractivity contribution < 1.29 is 19.1 Å². The van der Waals surface area contributed by atoms with Gasteiger partial charge in [0.25, 0.3) is 5.91 Å². The second-order valence-corrected chi connectivity index (χ2v) is 9.51. The monoisotopic (exact) mass is 487 g/mol. The van der Waals surface area contributed by atoms with Gasteiger partial charge < -0.3 is 14.8 Å². The van der Waals surface area contributed by atoms with Crippen LogP contribution in [0.15, 0.2) is 36.5 Å². The number of hydrogen-bond donors (Lipinski definition) is 1. The Morgan fingerprint density at radius 3 is 2.88 bits per heavy atom. The van der Waals surface area contributed by atoms with E-state index < -0.39 is 0 Å². The van der Waals surface area contributed by atoms with Crippen LogP contribution in [0.4, 0.5) is 5.00 Å². The van der Waals surface area contributed by atoms with Crippen LogP contribution in [0, 0.1) is 0 Å². The van der Waals surface area contributed by atoms with Crippen LogP contribution >= 0.6 is 22.9 Å². The molecule has 9 heteroatoms. The molecular formula is C24H26ClN3O4S. The Balaban J connectivity index is 1.48. The van der Waals surface area contributed by atoms with Crippen molar-refractivity contribution in [3.05, 3.63) is 63.2 Å². The molecule has 1 aliphatic carbocycles. The minimum absolute atomic E-state index is 0.132. The van der Waals surface area contributed by atoms with Crippen molar-refractivity contribution in [2.75, 3.05) is 5.32 Å². The predicted octanol–water partition coefficient (Wildman–Crippen LogP) is 5.72. The molecule has 7 nitrogen and oxygen atoms in total. The van der Waals surface area contributed by atoms with E-state index in [1.165, 1.54) is 16.0 Å². The van der Waals surface area contributed by atoms with Crippen LogP contribution in [-0.4, -0.2) is 27.8 Å². The predicted molar refractivity (Wildman–Crippen MR) is 128 cm³/mol. The zero-order valence-electron chi connectivity index (χ0n) is 18.6. The summed E-state index contributed by atoms with van der Waals surface area (Å²) in [7, 11) is 0. The molecule has 0 saturated heterocycles. The van der Waals surface area contributed by atoms with Crippen LogP contribution in [0.5, 0.6) is 5.75 Å². The third-order valence-corrected chi connectivity index (χ3v) is 6.96. The highest BCUT2D eigenvalue weighted by Gasteiger charge is 2.28. The standard InChI is InChI=1S/C24H26ClN3O4S/c1-3-15(2)32-24(30)21-18-9-4-5-10-20(18)33-23(21)26-22(29)19-11-12-28(27-19)14-31-17-8-6-7-16(25)13-17/h6-8,11-13,15H,3-5,9-10,14H2,1-2H3,(H,26,29). The number of thiophene rings is 1. The van der Waals surface area contributed by atoms with Crippen LogP contribution in [0.3, 0.4) is 0 Å². The molecule has 1 aromatic carbocycles. The highest BCUT2D eigenvalue weighted by atomic mass is 35.5. The van der Waals surface area contributed by atoms with Gasteiger partial charge in [-0.25, -0.2) is 9.48 Å². The first-order valence-corrected chi connectivity index (χ1v) is 12.2. The molecule has 1 atom stereocenters. The number of hydrogen-bond acceptors (Lipinski definition) is 6. The molecule has 0 aliphatic heterocycles. The number of ether oxygens (including phenoxy) is 2. The minimum Gasteiger partial charge on any atom is -0.471 e. The van der Waals surface area contributed by atoms with E-state index in [2.05, 4.69) is 10.4 Å². The van der Waals surface area contributed by atoms with Gasteiger partial charge in [-0.2, -0.15) is 5.10 Å². The van der Waals surface area contributed by atoms with E-state index in [1.807, 2.05) is 13.8 Å². The molecule has 2 aromatic heterocycles. The summed E-state index contributed by atoms with van der Waals surface area (Å²) in [5, 5.41) is 8.30. The van der Waals surface area contributed by atoms with Gasteiger partial charge in [-0.15, -0.1) is 11.3 Å². The van der Waals surface area contributed by atoms with Gasteiger partial charge in [0.2, 0.25) is 0 Å². The maximum absolute atomic E-state index is 12.9. The topological polar surface area (TPSA) is 82.5 Å². The maximum atomic E-state index is 12.9. The Labute approximate surface area is 201 Å². The molecule has 1 aliphatic rings. The fraction of sp³-hybridized carbons (Fsp3) is 0.375. The van der Waals surface area contributed by atoms with Crippen molar-refractivity contribution in [1.29, 1.82) is 0 Å². The van der Waals surface area contributed by atoms with Crippen molar-refractivity contribution in [3.8, 4) is 5.75 Å². The molecule has 1 unspecified atom stereocenters. The summed E-state index contributed by atoms with van der Waals surface area (Å²) < 4.78 is 12.8. The number of aromatic nitrogens is 2. The first kappa shape index (κ1) is 23.3. The molecule has 4 rings (SSSR count). The largest absolute Gasteiger partial charge is 0.471 e. The number of halogens is 1. The summed E-state index contributed by atoms with van der Waals surface area (Å²) in [4.78, 5) is 27.0. The molecule has 1 N–H and O–H groups in total. The maximum Gasteiger partial charge on any atom is 0.341 e. The summed E-state index contributed by atoms with van der Waals surface area (Å²) in [5.41, 5.74) is 1.74. The molecule has 174 valence electrons. The van der Waals surface area contributed by atoms with Gasteiger partial charge in [-0.3, -0.25) is 4.79 Å². The molecule has 1 amide bonds. The van der Waals surface area contributed by atoms with Crippen molar-refractivity contribution in [2.24, 2.45) is 0 Å². The second kappa shape index (κ2) is 10.4. The first-order chi connectivity index (χ1) is 15.9. The zero-order chi connectivity index (χ0) is 23.4. The molecule has 0 fully saturated rings. The van der Waals surface area contributed by atoms with Gasteiger partial charge in [-0.1, -0.05) is 24.6 Å². The number of carbonyl (C=O) groups is 2. The number of nitrogens with one attached hydrogen (secondary N) is 1. The lowest BCUT2D eigenvalue weighted by atomic mass is 9.95. The van der Waals surface area contributed by atoms with Crippen molar-refractivity contribution in [2.45, 2.75) is 58.8 Å². The quantitative estimate of drug-likeness (QED) is 0.411. The van der Waals surface area contributed by atoms with E-state index in [0.29, 0.717) is 21.3 Å². The third-order valence-electron chi connectivity index (χ3n) is 5.52. The lowest BCUT2D eigenvalue weighted by Crippen LogP contribution is -2.19. The number of esters is 1. The Bertz CT molecular complexity index is 1160. The molecule has 0 spiro atoms. The number of benzene rings is 1. The highest BCUT2D eigenvalue weighted by Crippen LogP contribution is 2.39. The van der Waals surface area contributed by atoms with Crippen molar-refractivity contribution in [3.63, 3.8) is 0 Å². The first-order valence-electron chi connectivity index (χ1n) is 11.0. The Hall–Kier alpha value is -2.84. The van der Waals surface area contributed by atoms with Gasteiger partial charge in [0.05, 0.1) is 11.7 Å². The molecule has 3 aromatic rings. The molecule has 0 saturated carbocycles. The normalized spacial score (nSPS) is 13.8. The smallest absolute Gasteiger partial charge is 0.341 e. The Morgan fingerprint density at radius 1 is 1.27 bits per heavy atom. The molecular weight excluding hydrogens is 462 g/mol. The van der Waals surface area contributed by atoms with Crippen molar-refractivity contribution in [1.82, 2.24) is 9.78 Å². The number of aryl methyl sites for hydroxylation is 1. The van der Waals surface area contributed by atoms with Crippen LogP contribution in [0.25, 0.3) is 0 Å². The van der Waals surface area contributed by atoms with Crippen LogP contribution in [0.2, 0.25) is 5.02 Å². The Morgan fingerprint density at radius 2 is 2.09 bits per heavy atom. The average molecular weight is 488 g/mol. The molecule has 2 heterocycles. The van der Waals surface area contributed by atoms with Gasteiger partial charge in [0.15, 0.2) is 12.4 Å². The van der Waals surface area contributed by atoms with Gasteiger partial charge >= 0.3 is 5.97 Å². The van der Waals surface area contributed by atoms with Crippen LogP contribution in [0.1, 0.15) is 64.4 Å². The van der Waals surface area contributed by atoms with E-state index in [9.17, 15) is 9.59 Å². The summed E-state index contributed by atoms with van der Waals surface area (Å²) in [6.07, 6.45) is 6.05. The van der Waals surface area contributed by atoms with Crippen LogP contribution in [-0.2, 0) is 24.3 Å². The summed E-state index contributed by atoms with van der Waals surface area (Å²) in [6, 6.07) is 8.67. The second-order valence-electron chi connectivity index (χ2n) is 7.96. The number of fused-ring (bicyclic) bond motifs is 1. The molecule has 0 bridgehead atoms. The van der Waals surface area contributed by atoms with E-state index in [-0.39, 0.29) is 30.4 Å². The highest BCUT2D eigenvalue weighted by molar-refractivity contribution is 7.17. The lowest BCUT2D eigenvalue weighted by molar-refractivity contribution is 0.0335. The number of anilines is 1. The lowest BCUT2D eigenvalue weighted by Gasteiger charge is -2.15. The summed E-state index contributed by atoms with van der Waals surface area (Å²) >= 11 is 7.43. The molecule has 33 heavy (non-hydrogen) atoms. The summed E-state index contributed by atoms with van der Waals surface area (Å²) in [6.45, 7) is 3.97. The van der Waals surface area contributed by atoms with Crippen LogP contribution < -0.4 is 10.1 Å². The zero-order valence-corrected chi connectivity index (χ0v) is 20.2. The SMILES string of the molecule is CCC(C)OC(=O)c1c(NC(=O)c2ccn(COc3cccc(Cl)c3)n2)sc2c1CCCC2. The fourth-order valence-corrected chi connectivity index (χ4v) is 5.07. The van der Waals surface area contributed by atoms with Gasteiger partial charge in [0.1, 0.15) is 10.8 Å². The van der Waals surface area contributed by atoms with E-state index in [4.69, 9.17) is 21.1 Å². The summed E-state index contributed by atoms with van der Waals surface area (Å²) in [5.74, 6) is -0.148. The number of carbonyl (C=O) groups excluding carboxylic acids is 2. The number of amides is 1. The number of nitrogens with zero attached hydrogens (tertiary/aromatic N) is 2. The average Bonchev–Trinajstić information content (AvgIpc) is 3.42. The van der Waals surface area contributed by atoms with E-state index in [0.717, 1.165) is 42.5 Å². The fourth-order valence-electron chi connectivity index (χ4n) is 3.61. The third kappa shape index (κ3) is 5.57. The van der Waals surface area contributed by atoms with E-state index >= 15 is 0 Å². The minimum atomic E-state index is -0.382. The van der Waals surface area contributed by atoms with Crippen molar-refractivity contribution >= 4 is 39.8 Å².